The van der Waals surface area contributed by atoms with Crippen LogP contribution in [0.25, 0.3) is 10.6 Å². The lowest BCUT2D eigenvalue weighted by molar-refractivity contribution is -0.163. The van der Waals surface area contributed by atoms with E-state index in [1.807, 2.05) is 42.6 Å². The average Bonchev–Trinajstić information content (AvgIpc) is 3.37. The molecule has 1 heterocycles. The Hall–Kier alpha value is -3.68. The lowest BCUT2D eigenvalue weighted by Crippen LogP contribution is -2.38. The molecular formula is C27H25NO5S. The zero-order valence-corrected chi connectivity index (χ0v) is 19.7. The van der Waals surface area contributed by atoms with Gasteiger partial charge in [-0.05, 0) is 36.2 Å². The molecule has 4 rings (SSSR count). The molecule has 0 aliphatic carbocycles. The van der Waals surface area contributed by atoms with Gasteiger partial charge in [0.1, 0.15) is 11.6 Å². The summed E-state index contributed by atoms with van der Waals surface area (Å²) < 4.78 is 16.6. The van der Waals surface area contributed by atoms with Crippen LogP contribution < -0.4 is 9.47 Å². The normalized spacial score (nSPS) is 11.1. The Morgan fingerprint density at radius 1 is 0.971 bits per heavy atom. The third-order valence-corrected chi connectivity index (χ3v) is 6.23. The topological polar surface area (TPSA) is 77.9 Å². The molecule has 0 unspecified atom stereocenters. The van der Waals surface area contributed by atoms with Crippen molar-refractivity contribution in [3.8, 4) is 22.1 Å². The summed E-state index contributed by atoms with van der Waals surface area (Å²) in [5.41, 5.74) is 0.403. The van der Waals surface area contributed by atoms with E-state index in [-0.39, 0.29) is 6.61 Å². The maximum atomic E-state index is 13.2. The number of hydrogen-bond donors (Lipinski definition) is 1. The Bertz CT molecular complexity index is 1200. The highest BCUT2D eigenvalue weighted by atomic mass is 32.1. The number of rotatable bonds is 9. The zero-order valence-electron chi connectivity index (χ0n) is 18.9. The van der Waals surface area contributed by atoms with Gasteiger partial charge >= 0.3 is 5.97 Å². The Labute approximate surface area is 202 Å². The Kier molecular flexibility index (Phi) is 7.25. The van der Waals surface area contributed by atoms with Crippen molar-refractivity contribution in [1.29, 1.82) is 0 Å². The molecule has 174 valence electrons. The molecule has 4 aromatic rings. The van der Waals surface area contributed by atoms with Crippen molar-refractivity contribution < 1.29 is 24.1 Å². The van der Waals surface area contributed by atoms with Gasteiger partial charge in [0.15, 0.2) is 11.5 Å². The van der Waals surface area contributed by atoms with Gasteiger partial charge in [-0.3, -0.25) is 0 Å². The number of hydrogen-bond acceptors (Lipinski definition) is 7. The Morgan fingerprint density at radius 3 is 2.21 bits per heavy atom. The molecule has 0 aliphatic heterocycles. The summed E-state index contributed by atoms with van der Waals surface area (Å²) in [5, 5.41) is 14.1. The van der Waals surface area contributed by atoms with Gasteiger partial charge in [-0.2, -0.15) is 0 Å². The standard InChI is InChI=1S/C27H25NO5S/c1-3-32-23-15-14-19(16-24(23)31-2)25-28-22(18-34-25)17-33-26(29)27(30,20-10-6-4-7-11-20)21-12-8-5-9-13-21/h4-16,18,30H,3,17H2,1-2H3. The van der Waals surface area contributed by atoms with E-state index in [9.17, 15) is 9.90 Å². The molecule has 0 amide bonds. The summed E-state index contributed by atoms with van der Waals surface area (Å²) in [6, 6.07) is 23.2. The number of aliphatic hydroxyl groups is 1. The highest BCUT2D eigenvalue weighted by Gasteiger charge is 2.41. The molecule has 6 nitrogen and oxygen atoms in total. The van der Waals surface area contributed by atoms with Gasteiger partial charge in [-0.25, -0.2) is 9.78 Å². The first-order chi connectivity index (χ1) is 16.6. The first-order valence-corrected chi connectivity index (χ1v) is 11.7. The van der Waals surface area contributed by atoms with Crippen molar-refractivity contribution in [3.05, 3.63) is 101 Å². The maximum absolute atomic E-state index is 13.2. The van der Waals surface area contributed by atoms with Crippen LogP contribution in [0.3, 0.4) is 0 Å². The number of benzene rings is 3. The molecule has 0 bridgehead atoms. The number of carbonyl (C=O) groups excluding carboxylic acids is 1. The van der Waals surface area contributed by atoms with E-state index < -0.39 is 11.6 Å². The van der Waals surface area contributed by atoms with Gasteiger partial charge in [0.25, 0.3) is 0 Å². The van der Waals surface area contributed by atoms with Gasteiger partial charge in [0.2, 0.25) is 5.60 Å². The van der Waals surface area contributed by atoms with Crippen molar-refractivity contribution in [1.82, 2.24) is 4.98 Å². The van der Waals surface area contributed by atoms with Crippen LogP contribution in [-0.4, -0.2) is 29.8 Å². The maximum Gasteiger partial charge on any atom is 0.348 e. The molecule has 0 radical (unpaired) electrons. The fraction of sp³-hybridized carbons (Fsp3) is 0.185. The van der Waals surface area contributed by atoms with E-state index in [1.54, 1.807) is 55.6 Å². The van der Waals surface area contributed by atoms with Gasteiger partial charge in [-0.1, -0.05) is 60.7 Å². The third-order valence-electron chi connectivity index (χ3n) is 5.29. The molecule has 0 spiro atoms. The smallest absolute Gasteiger partial charge is 0.348 e. The number of methoxy groups -OCH3 is 1. The number of esters is 1. The molecule has 0 saturated carbocycles. The highest BCUT2D eigenvalue weighted by Crippen LogP contribution is 2.35. The summed E-state index contributed by atoms with van der Waals surface area (Å²) in [7, 11) is 1.59. The van der Waals surface area contributed by atoms with Crippen LogP contribution in [0.1, 0.15) is 23.7 Å². The van der Waals surface area contributed by atoms with Crippen LogP contribution in [0.5, 0.6) is 11.5 Å². The van der Waals surface area contributed by atoms with Gasteiger partial charge in [0.05, 0.1) is 19.4 Å². The quantitative estimate of drug-likeness (QED) is 0.336. The third kappa shape index (κ3) is 4.81. The minimum Gasteiger partial charge on any atom is -0.493 e. The SMILES string of the molecule is CCOc1ccc(-c2nc(COC(=O)C(O)(c3ccccc3)c3ccccc3)cs2)cc1OC. The van der Waals surface area contributed by atoms with E-state index in [0.717, 1.165) is 10.6 Å². The highest BCUT2D eigenvalue weighted by molar-refractivity contribution is 7.13. The molecule has 7 heteroatoms. The first-order valence-electron chi connectivity index (χ1n) is 10.8. The van der Waals surface area contributed by atoms with E-state index in [2.05, 4.69) is 4.98 Å². The number of aromatic nitrogens is 1. The minimum absolute atomic E-state index is 0.0640. The largest absolute Gasteiger partial charge is 0.493 e. The molecule has 1 aromatic heterocycles. The molecule has 0 atom stereocenters. The van der Waals surface area contributed by atoms with Crippen molar-refractivity contribution in [2.45, 2.75) is 19.1 Å². The van der Waals surface area contributed by atoms with Crippen LogP contribution in [-0.2, 0) is 21.7 Å². The molecular weight excluding hydrogens is 450 g/mol. The van der Waals surface area contributed by atoms with Crippen LogP contribution in [0.15, 0.2) is 84.2 Å². The van der Waals surface area contributed by atoms with E-state index in [1.165, 1.54) is 11.3 Å². The second kappa shape index (κ2) is 10.5. The number of carbonyl (C=O) groups is 1. The van der Waals surface area contributed by atoms with Gasteiger partial charge in [0, 0.05) is 10.9 Å². The van der Waals surface area contributed by atoms with Crippen molar-refractivity contribution >= 4 is 17.3 Å². The van der Waals surface area contributed by atoms with Crippen molar-refractivity contribution in [2.24, 2.45) is 0 Å². The predicted octanol–water partition coefficient (Wildman–Crippen LogP) is 5.20. The molecule has 0 saturated heterocycles. The number of ether oxygens (including phenoxy) is 3. The van der Waals surface area contributed by atoms with Crippen molar-refractivity contribution in [3.63, 3.8) is 0 Å². The summed E-state index contributed by atoms with van der Waals surface area (Å²) in [6.45, 7) is 2.39. The predicted molar refractivity (Wildman–Crippen MR) is 131 cm³/mol. The fourth-order valence-corrected chi connectivity index (χ4v) is 4.39. The summed E-state index contributed by atoms with van der Waals surface area (Å²) in [6.07, 6.45) is 0. The fourth-order valence-electron chi connectivity index (χ4n) is 3.59. The molecule has 0 aliphatic rings. The minimum atomic E-state index is -1.93. The first kappa shape index (κ1) is 23.5. The van der Waals surface area contributed by atoms with Crippen molar-refractivity contribution in [2.75, 3.05) is 13.7 Å². The molecule has 34 heavy (non-hydrogen) atoms. The summed E-state index contributed by atoms with van der Waals surface area (Å²) in [5.74, 6) is 0.529. The van der Waals surface area contributed by atoms with Crippen LogP contribution in [0, 0.1) is 0 Å². The second-order valence-corrected chi connectivity index (χ2v) is 8.32. The van der Waals surface area contributed by atoms with E-state index in [4.69, 9.17) is 14.2 Å². The van der Waals surface area contributed by atoms with E-state index >= 15 is 0 Å². The van der Waals surface area contributed by atoms with Crippen LogP contribution in [0.2, 0.25) is 0 Å². The molecule has 0 fully saturated rings. The number of nitrogens with zero attached hydrogens (tertiary/aromatic N) is 1. The molecule has 1 N–H and O–H groups in total. The Balaban J connectivity index is 1.53. The lowest BCUT2D eigenvalue weighted by Gasteiger charge is -2.26. The van der Waals surface area contributed by atoms with Gasteiger partial charge < -0.3 is 19.3 Å². The molecule has 3 aromatic carbocycles. The zero-order chi connectivity index (χ0) is 24.0. The van der Waals surface area contributed by atoms with Crippen LogP contribution in [0.4, 0.5) is 0 Å². The van der Waals surface area contributed by atoms with E-state index in [0.29, 0.717) is 34.9 Å². The van der Waals surface area contributed by atoms with Gasteiger partial charge in [-0.15, -0.1) is 11.3 Å². The monoisotopic (exact) mass is 475 g/mol. The summed E-state index contributed by atoms with van der Waals surface area (Å²) in [4.78, 5) is 17.8. The average molecular weight is 476 g/mol. The second-order valence-electron chi connectivity index (χ2n) is 7.46. The number of thiazole rings is 1. The van der Waals surface area contributed by atoms with Crippen LogP contribution >= 0.6 is 11.3 Å². The Morgan fingerprint density at radius 2 is 1.62 bits per heavy atom. The lowest BCUT2D eigenvalue weighted by atomic mass is 9.86. The summed E-state index contributed by atoms with van der Waals surface area (Å²) >= 11 is 1.43.